The Morgan fingerprint density at radius 1 is 0.500 bits per heavy atom. The van der Waals surface area contributed by atoms with E-state index in [2.05, 4.69) is 55.4 Å². The molecule has 0 saturated heterocycles. The maximum absolute atomic E-state index is 3.38. The van der Waals surface area contributed by atoms with Crippen molar-refractivity contribution in [2.45, 2.75) is 48.0 Å². The molecule has 0 bridgehead atoms. The van der Waals surface area contributed by atoms with Crippen LogP contribution in [0, 0.1) is 212 Å². The molecule has 0 spiro atoms. The van der Waals surface area contributed by atoms with E-state index < -0.39 is 0 Å². The molecule has 20 heavy (non-hydrogen) atoms. The summed E-state index contributed by atoms with van der Waals surface area (Å²) in [6.07, 6.45) is 0.750. The minimum Gasteiger partial charge on any atom is -0.372 e. The molecule has 0 rings (SSSR count). The summed E-state index contributed by atoms with van der Waals surface area (Å²) in [5.41, 5.74) is 0. The minimum absolute atomic E-state index is 0. The van der Waals surface area contributed by atoms with Crippen LogP contribution in [0.1, 0.15) is 48.0 Å². The molecule has 9 heteroatoms. The first-order valence-electron chi connectivity index (χ1n) is 4.00. The molecule has 0 saturated carbocycles. The molecule has 0 unspecified atom stereocenters. The SMILES string of the molecule is C[C-](C)C.C[C-](C)C.[CH2-]C[CH2-].[U].[U].[U].[U].[U].[U].[Y].[Y].[Y]. The zero-order valence-corrected chi connectivity index (χ0v) is 47.4. The molecule has 0 aromatic carbocycles. The van der Waals surface area contributed by atoms with Gasteiger partial charge in [0, 0.05) is 285 Å². The molecule has 0 aromatic rings. The molecule has 0 aliphatic rings. The fourth-order valence-electron chi connectivity index (χ4n) is 0. The van der Waals surface area contributed by atoms with Crippen molar-refractivity contribution in [3.05, 3.63) is 25.7 Å². The van der Waals surface area contributed by atoms with Crippen molar-refractivity contribution in [2.24, 2.45) is 0 Å². The van der Waals surface area contributed by atoms with Crippen LogP contribution in [0.15, 0.2) is 0 Å². The number of hydrogen-bond acceptors (Lipinski definition) is 0. The zero-order chi connectivity index (χ0) is 9.86. The Morgan fingerprint density at radius 3 is 0.500 bits per heavy atom. The van der Waals surface area contributed by atoms with Crippen LogP contribution in [0.25, 0.3) is 0 Å². The Labute approximate surface area is 348 Å². The summed E-state index contributed by atoms with van der Waals surface area (Å²) < 4.78 is 0. The Hall–Kier alpha value is 9.62. The Kier molecular flexibility index (Phi) is 309. The molecule has 0 amide bonds. The van der Waals surface area contributed by atoms with Gasteiger partial charge < -0.3 is 32.1 Å². The standard InChI is InChI=1S/2C4H9.C3H6.6U.3Y/c2*1-4(2)3;1-3-2;;;;;;;;;/h2*1-3H3;1-3H2;;;;;;;;;/q2*-1;-2;;;;;;;;;. The Balaban J connectivity index is -0.00000000394. The molecule has 3 radical (unpaired) electrons. The summed E-state index contributed by atoms with van der Waals surface area (Å²) in [5.74, 6) is 2.83. The molecular weight excluding hydrogens is 1830 g/mol. The molecule has 0 fully saturated rings. The molecule has 0 atom stereocenters. The van der Waals surface area contributed by atoms with Gasteiger partial charge in [-0.2, -0.15) is 41.5 Å². The second kappa shape index (κ2) is 79.0. The van der Waals surface area contributed by atoms with Crippen molar-refractivity contribution < 1.29 is 285 Å². The van der Waals surface area contributed by atoms with Crippen LogP contribution in [0.4, 0.5) is 0 Å². The number of rotatable bonds is 0. The maximum atomic E-state index is 3.38. The molecule has 0 aliphatic carbocycles. The van der Waals surface area contributed by atoms with E-state index in [1.165, 1.54) is 11.8 Å². The van der Waals surface area contributed by atoms with Gasteiger partial charge in [0.2, 0.25) is 0 Å². The normalized spacial score (nSPS) is 4.50. The first-order valence-corrected chi connectivity index (χ1v) is 4.00. The predicted molar refractivity (Wildman–Crippen MR) is 55.9 cm³/mol. The van der Waals surface area contributed by atoms with Crippen LogP contribution in [0.3, 0.4) is 0 Å². The Bertz CT molecular complexity index is 51.9. The van der Waals surface area contributed by atoms with Gasteiger partial charge in [0.1, 0.15) is 0 Å². The van der Waals surface area contributed by atoms with E-state index >= 15 is 0 Å². The van der Waals surface area contributed by atoms with E-state index in [4.69, 9.17) is 0 Å². The second-order valence-corrected chi connectivity index (χ2v) is 3.35. The average molecular weight is 1850 g/mol. The van der Waals surface area contributed by atoms with Gasteiger partial charge >= 0.3 is 0 Å². The van der Waals surface area contributed by atoms with Crippen LogP contribution in [0.2, 0.25) is 0 Å². The van der Waals surface area contributed by atoms with E-state index in [0.29, 0.717) is 0 Å². The topological polar surface area (TPSA) is 0 Å². The monoisotopic (exact) mass is 1850 g/mol. The van der Waals surface area contributed by atoms with Gasteiger partial charge in [0.25, 0.3) is 0 Å². The van der Waals surface area contributed by atoms with Gasteiger partial charge in [0.05, 0.1) is 0 Å². The molecule has 105 valence electrons. The third kappa shape index (κ3) is 211. The first kappa shape index (κ1) is 78.1. The molecule has 0 nitrogen and oxygen atoms in total. The van der Waals surface area contributed by atoms with Crippen LogP contribution in [-0.4, -0.2) is 0 Å². The maximum Gasteiger partial charge on any atom is 0 e. The fraction of sp³-hybridized carbons (Fsp3) is 0.636. The third-order valence-electron chi connectivity index (χ3n) is 0. The van der Waals surface area contributed by atoms with Gasteiger partial charge in [-0.1, -0.05) is 0 Å². The summed E-state index contributed by atoms with van der Waals surface area (Å²) >= 11 is 0. The van der Waals surface area contributed by atoms with Crippen LogP contribution in [0.5, 0.6) is 0 Å². The quantitative estimate of drug-likeness (QED) is 0.319. The summed E-state index contributed by atoms with van der Waals surface area (Å²) in [5, 5.41) is 0. The molecule has 0 aliphatic heterocycles. The van der Waals surface area contributed by atoms with E-state index in [-0.39, 0.29) is 285 Å². The van der Waals surface area contributed by atoms with Crippen molar-refractivity contribution in [3.63, 3.8) is 0 Å². The summed E-state index contributed by atoms with van der Waals surface area (Å²) in [4.78, 5) is 0. The van der Waals surface area contributed by atoms with Crippen molar-refractivity contribution in [3.8, 4) is 0 Å². The third-order valence-corrected chi connectivity index (χ3v) is 0. The van der Waals surface area contributed by atoms with Crippen molar-refractivity contribution >= 4 is 0 Å². The molecular formula is C11H24U6Y3-4. The van der Waals surface area contributed by atoms with E-state index in [1.54, 1.807) is 0 Å². The molecule has 0 heterocycles. The van der Waals surface area contributed by atoms with Crippen LogP contribution >= 0.6 is 0 Å². The minimum atomic E-state index is 0. The average Bonchev–Trinajstić information content (AvgIpc) is 1.60. The van der Waals surface area contributed by atoms with E-state index in [1.807, 2.05) is 0 Å². The summed E-state index contributed by atoms with van der Waals surface area (Å²) in [6.45, 7) is 19.2. The summed E-state index contributed by atoms with van der Waals surface area (Å²) in [7, 11) is 0. The van der Waals surface area contributed by atoms with Crippen molar-refractivity contribution in [1.29, 1.82) is 0 Å². The number of hydrogen-bond donors (Lipinski definition) is 0. The first-order chi connectivity index (χ1) is 4.88. The van der Waals surface area contributed by atoms with E-state index in [9.17, 15) is 0 Å². The predicted octanol–water partition coefficient (Wildman–Crippen LogP) is 4.28. The largest absolute Gasteiger partial charge is 0.372 e. The molecule has 0 aromatic heterocycles. The van der Waals surface area contributed by atoms with Crippen LogP contribution < -0.4 is 0 Å². The van der Waals surface area contributed by atoms with Gasteiger partial charge in [-0.15, -0.1) is 0 Å². The summed E-state index contributed by atoms with van der Waals surface area (Å²) in [6, 6.07) is 0. The second-order valence-electron chi connectivity index (χ2n) is 3.35. The Morgan fingerprint density at radius 2 is 0.500 bits per heavy atom. The van der Waals surface area contributed by atoms with E-state index in [0.717, 1.165) is 6.42 Å². The van der Waals surface area contributed by atoms with Gasteiger partial charge in [0.15, 0.2) is 0 Å². The van der Waals surface area contributed by atoms with Crippen LogP contribution in [-0.2, 0) is 98.1 Å². The van der Waals surface area contributed by atoms with Gasteiger partial charge in [-0.25, -0.2) is 0 Å². The van der Waals surface area contributed by atoms with Crippen molar-refractivity contribution in [1.82, 2.24) is 0 Å². The molecule has 0 N–H and O–H groups in total. The zero-order valence-electron chi connectivity index (χ0n) is 13.9. The van der Waals surface area contributed by atoms with Crippen molar-refractivity contribution in [2.75, 3.05) is 0 Å². The van der Waals surface area contributed by atoms with Gasteiger partial charge in [-0.3, -0.25) is 0 Å². The fourth-order valence-corrected chi connectivity index (χ4v) is 0. The van der Waals surface area contributed by atoms with Gasteiger partial charge in [-0.05, 0) is 0 Å². The smallest absolute Gasteiger partial charge is 0 e.